The minimum absolute atomic E-state index is 0.737. The Kier molecular flexibility index (Phi) is 2.79. The zero-order chi connectivity index (χ0) is 8.48. The van der Waals surface area contributed by atoms with Crippen LogP contribution in [0.3, 0.4) is 0 Å². The molecule has 0 aromatic rings. The summed E-state index contributed by atoms with van der Waals surface area (Å²) in [6.45, 7) is 9.85. The van der Waals surface area contributed by atoms with Gasteiger partial charge in [0.1, 0.15) is 0 Å². The Labute approximate surface area is 72.4 Å². The first kappa shape index (κ1) is 9.31. The zero-order valence-corrected chi connectivity index (χ0v) is 9.48. The third-order valence-corrected chi connectivity index (χ3v) is 5.90. The summed E-state index contributed by atoms with van der Waals surface area (Å²) in [6, 6.07) is 0. The highest BCUT2D eigenvalue weighted by molar-refractivity contribution is 6.78. The van der Waals surface area contributed by atoms with E-state index >= 15 is 0 Å². The fourth-order valence-electron chi connectivity index (χ4n) is 2.09. The minimum Gasteiger partial charge on any atom is -0.0693 e. The summed E-state index contributed by atoms with van der Waals surface area (Å²) in [4.78, 5) is 0. The van der Waals surface area contributed by atoms with Crippen molar-refractivity contribution in [3.63, 3.8) is 0 Å². The van der Waals surface area contributed by atoms with Gasteiger partial charge in [0.15, 0.2) is 0 Å². The summed E-state index contributed by atoms with van der Waals surface area (Å²) in [5.74, 6) is 1.14. The molecule has 0 saturated heterocycles. The molecule has 0 N–H and O–H groups in total. The lowest BCUT2D eigenvalue weighted by Crippen LogP contribution is -2.20. The molecule has 66 valence electrons. The Bertz CT molecular complexity index is 123. The van der Waals surface area contributed by atoms with Crippen molar-refractivity contribution in [3.8, 4) is 0 Å². The van der Waals surface area contributed by atoms with Gasteiger partial charge < -0.3 is 0 Å². The van der Waals surface area contributed by atoms with Gasteiger partial charge in [-0.15, -0.1) is 0 Å². The van der Waals surface area contributed by atoms with Crippen molar-refractivity contribution < 1.29 is 0 Å². The average molecular weight is 170 g/mol. The molecule has 1 fully saturated rings. The van der Waals surface area contributed by atoms with Gasteiger partial charge in [-0.05, 0) is 17.9 Å². The van der Waals surface area contributed by atoms with Crippen LogP contribution in [-0.4, -0.2) is 8.07 Å². The van der Waals surface area contributed by atoms with E-state index in [9.17, 15) is 0 Å². The van der Waals surface area contributed by atoms with Gasteiger partial charge in [0, 0.05) is 8.07 Å². The molecule has 1 aliphatic rings. The molecule has 0 aromatic carbocycles. The largest absolute Gasteiger partial charge is 0.0693 e. The van der Waals surface area contributed by atoms with Crippen LogP contribution in [0.4, 0.5) is 0 Å². The Hall–Kier alpha value is 0.217. The van der Waals surface area contributed by atoms with E-state index in [1.54, 1.807) is 6.42 Å². The molecule has 1 saturated carbocycles. The molecule has 0 unspecified atom stereocenters. The number of hydrogen-bond acceptors (Lipinski definition) is 0. The molecular weight excluding hydrogens is 148 g/mol. The van der Waals surface area contributed by atoms with Crippen LogP contribution >= 0.6 is 0 Å². The van der Waals surface area contributed by atoms with Crippen molar-refractivity contribution in [2.45, 2.75) is 57.8 Å². The Morgan fingerprint density at radius 2 is 1.91 bits per heavy atom. The number of unbranched alkanes of at least 4 members (excludes halogenated alkanes) is 1. The number of hydrogen-bond donors (Lipinski definition) is 0. The van der Waals surface area contributed by atoms with Crippen molar-refractivity contribution >= 4 is 8.07 Å². The standard InChI is InChI=1S/C10H22Si/c1-5-6-7-9-8-10(9)11(2,3)4/h9-10H,5-8H2,1-4H3/t9-,10+/m1/s1. The molecule has 11 heavy (non-hydrogen) atoms. The summed E-state index contributed by atoms with van der Waals surface area (Å²) in [7, 11) is -0.737. The molecule has 0 heterocycles. The highest BCUT2D eigenvalue weighted by Gasteiger charge is 2.44. The van der Waals surface area contributed by atoms with Gasteiger partial charge in [0.2, 0.25) is 0 Å². The second kappa shape index (κ2) is 3.30. The van der Waals surface area contributed by atoms with Gasteiger partial charge in [0.25, 0.3) is 0 Å². The van der Waals surface area contributed by atoms with Crippen LogP contribution in [0.5, 0.6) is 0 Å². The summed E-state index contributed by atoms with van der Waals surface area (Å²) in [5.41, 5.74) is 1.18. The third-order valence-electron chi connectivity index (χ3n) is 2.96. The van der Waals surface area contributed by atoms with E-state index < -0.39 is 8.07 Å². The lowest BCUT2D eigenvalue weighted by Gasteiger charge is -2.15. The summed E-state index contributed by atoms with van der Waals surface area (Å²) < 4.78 is 0. The van der Waals surface area contributed by atoms with E-state index in [1.807, 2.05) is 0 Å². The van der Waals surface area contributed by atoms with Gasteiger partial charge in [-0.1, -0.05) is 45.8 Å². The van der Waals surface area contributed by atoms with E-state index in [2.05, 4.69) is 26.6 Å². The van der Waals surface area contributed by atoms with Crippen molar-refractivity contribution in [1.82, 2.24) is 0 Å². The van der Waals surface area contributed by atoms with Crippen LogP contribution in [0.25, 0.3) is 0 Å². The first-order chi connectivity index (χ1) is 5.05. The van der Waals surface area contributed by atoms with Crippen LogP contribution in [-0.2, 0) is 0 Å². The molecular formula is C10H22Si. The predicted octanol–water partition coefficient (Wildman–Crippen LogP) is 3.90. The van der Waals surface area contributed by atoms with E-state index in [4.69, 9.17) is 0 Å². The van der Waals surface area contributed by atoms with Gasteiger partial charge in [-0.25, -0.2) is 0 Å². The van der Waals surface area contributed by atoms with Gasteiger partial charge >= 0.3 is 0 Å². The first-order valence-electron chi connectivity index (χ1n) is 5.05. The second-order valence-corrected chi connectivity index (χ2v) is 10.6. The highest BCUT2D eigenvalue weighted by atomic mass is 28.3. The van der Waals surface area contributed by atoms with Crippen LogP contribution in [0.2, 0.25) is 25.2 Å². The van der Waals surface area contributed by atoms with Crippen molar-refractivity contribution in [2.24, 2.45) is 5.92 Å². The lowest BCUT2D eigenvalue weighted by atomic mass is 10.2. The Balaban J connectivity index is 2.16. The molecule has 0 nitrogen and oxygen atoms in total. The predicted molar refractivity (Wildman–Crippen MR) is 54.7 cm³/mol. The molecule has 0 bridgehead atoms. The smallest absolute Gasteiger partial charge is 0.0476 e. The van der Waals surface area contributed by atoms with E-state index in [1.165, 1.54) is 24.8 Å². The Morgan fingerprint density at radius 1 is 1.27 bits per heavy atom. The monoisotopic (exact) mass is 170 g/mol. The fourth-order valence-corrected chi connectivity index (χ4v) is 4.68. The first-order valence-corrected chi connectivity index (χ1v) is 8.63. The molecule has 0 spiro atoms. The molecule has 0 radical (unpaired) electrons. The molecule has 1 rings (SSSR count). The Morgan fingerprint density at radius 3 is 2.27 bits per heavy atom. The van der Waals surface area contributed by atoms with Crippen LogP contribution in [0, 0.1) is 5.92 Å². The van der Waals surface area contributed by atoms with Gasteiger partial charge in [0.05, 0.1) is 0 Å². The van der Waals surface area contributed by atoms with Gasteiger partial charge in [-0.3, -0.25) is 0 Å². The van der Waals surface area contributed by atoms with E-state index in [0.717, 1.165) is 5.92 Å². The van der Waals surface area contributed by atoms with Crippen LogP contribution < -0.4 is 0 Å². The van der Waals surface area contributed by atoms with E-state index in [-0.39, 0.29) is 0 Å². The SMILES string of the molecule is CCCC[C@@H]1C[C@@H]1[Si](C)(C)C. The molecule has 2 atom stereocenters. The van der Waals surface area contributed by atoms with Crippen molar-refractivity contribution in [1.29, 1.82) is 0 Å². The maximum absolute atomic E-state index is 2.52. The third kappa shape index (κ3) is 2.62. The van der Waals surface area contributed by atoms with Crippen LogP contribution in [0.1, 0.15) is 32.6 Å². The van der Waals surface area contributed by atoms with E-state index in [0.29, 0.717) is 0 Å². The average Bonchev–Trinajstić information content (AvgIpc) is 2.60. The second-order valence-electron chi connectivity index (χ2n) is 5.11. The van der Waals surface area contributed by atoms with Crippen molar-refractivity contribution in [3.05, 3.63) is 0 Å². The molecule has 1 aliphatic carbocycles. The quantitative estimate of drug-likeness (QED) is 0.561. The topological polar surface area (TPSA) is 0 Å². The zero-order valence-electron chi connectivity index (χ0n) is 8.48. The van der Waals surface area contributed by atoms with Gasteiger partial charge in [-0.2, -0.15) is 0 Å². The molecule has 0 amide bonds. The maximum atomic E-state index is 2.52. The fraction of sp³-hybridized carbons (Fsp3) is 1.00. The molecule has 0 aromatic heterocycles. The highest BCUT2D eigenvalue weighted by Crippen LogP contribution is 2.54. The molecule has 1 heteroatoms. The lowest BCUT2D eigenvalue weighted by molar-refractivity contribution is 0.652. The summed E-state index contributed by atoms with van der Waals surface area (Å²) in [6.07, 6.45) is 5.93. The summed E-state index contributed by atoms with van der Waals surface area (Å²) >= 11 is 0. The molecule has 0 aliphatic heterocycles. The maximum Gasteiger partial charge on any atom is 0.0476 e. The van der Waals surface area contributed by atoms with Crippen LogP contribution in [0.15, 0.2) is 0 Å². The minimum atomic E-state index is -0.737. The van der Waals surface area contributed by atoms with Crippen molar-refractivity contribution in [2.75, 3.05) is 0 Å². The number of rotatable bonds is 4. The summed E-state index contributed by atoms with van der Waals surface area (Å²) in [5, 5.41) is 0. The normalized spacial score (nSPS) is 30.5.